The number of hydrogen-bond donors (Lipinski definition) is 2. The molecule has 6 nitrogen and oxygen atoms in total. The number of nitrogens with zero attached hydrogens (tertiary/aromatic N) is 2. The van der Waals surface area contributed by atoms with E-state index in [2.05, 4.69) is 20.6 Å². The Labute approximate surface area is 177 Å². The number of pyridine rings is 1. The van der Waals surface area contributed by atoms with Crippen molar-refractivity contribution in [2.45, 2.75) is 6.92 Å². The zero-order chi connectivity index (χ0) is 20.9. The molecule has 4 aromatic rings. The highest BCUT2D eigenvalue weighted by Crippen LogP contribution is 2.23. The fourth-order valence-corrected chi connectivity index (χ4v) is 3.58. The van der Waals surface area contributed by atoms with Crippen LogP contribution in [-0.2, 0) is 0 Å². The van der Waals surface area contributed by atoms with Gasteiger partial charge in [0.25, 0.3) is 11.8 Å². The van der Waals surface area contributed by atoms with Gasteiger partial charge in [0.2, 0.25) is 0 Å². The molecule has 0 aliphatic rings. The molecule has 0 fully saturated rings. The van der Waals surface area contributed by atoms with Gasteiger partial charge in [-0.1, -0.05) is 18.2 Å². The third-order valence-electron chi connectivity index (χ3n) is 4.46. The van der Waals surface area contributed by atoms with Crippen molar-refractivity contribution in [2.75, 3.05) is 10.6 Å². The van der Waals surface area contributed by atoms with Crippen LogP contribution >= 0.6 is 11.3 Å². The highest BCUT2D eigenvalue weighted by Gasteiger charge is 2.13. The molecule has 4 rings (SSSR count). The smallest absolute Gasteiger partial charge is 0.256 e. The lowest BCUT2D eigenvalue weighted by atomic mass is 10.1. The van der Waals surface area contributed by atoms with Crippen molar-refractivity contribution < 1.29 is 9.59 Å². The Morgan fingerprint density at radius 1 is 0.900 bits per heavy atom. The lowest BCUT2D eigenvalue weighted by Crippen LogP contribution is -2.16. The van der Waals surface area contributed by atoms with E-state index in [-0.39, 0.29) is 11.8 Å². The summed E-state index contributed by atoms with van der Waals surface area (Å²) in [6, 6.07) is 16.1. The van der Waals surface area contributed by atoms with Crippen LogP contribution in [-0.4, -0.2) is 21.8 Å². The quantitative estimate of drug-likeness (QED) is 0.480. The molecule has 2 amide bonds. The van der Waals surface area contributed by atoms with E-state index in [4.69, 9.17) is 0 Å². The van der Waals surface area contributed by atoms with Gasteiger partial charge in [0.05, 0.1) is 11.9 Å². The molecule has 0 spiro atoms. The molecule has 7 heteroatoms. The molecular formula is C23H18N4O2S. The molecule has 0 aliphatic heterocycles. The number of anilines is 2. The number of aryl methyl sites for hydroxylation is 1. The number of aromatic nitrogens is 2. The van der Waals surface area contributed by atoms with E-state index in [9.17, 15) is 9.59 Å². The number of carbonyl (C=O) groups excluding carboxylic acids is 2. The minimum atomic E-state index is -0.262. The minimum Gasteiger partial charge on any atom is -0.322 e. The summed E-state index contributed by atoms with van der Waals surface area (Å²) in [6.07, 6.45) is 4.95. The Kier molecular flexibility index (Phi) is 5.63. The van der Waals surface area contributed by atoms with Gasteiger partial charge in [-0.3, -0.25) is 14.6 Å². The van der Waals surface area contributed by atoms with E-state index < -0.39 is 0 Å². The topological polar surface area (TPSA) is 84.0 Å². The molecule has 0 unspecified atom stereocenters. The summed E-state index contributed by atoms with van der Waals surface area (Å²) in [5.74, 6) is -0.516. The zero-order valence-corrected chi connectivity index (χ0v) is 16.9. The maximum Gasteiger partial charge on any atom is 0.256 e. The lowest BCUT2D eigenvalue weighted by molar-refractivity contribution is 0.101. The second-order valence-electron chi connectivity index (χ2n) is 6.60. The number of amides is 2. The molecular weight excluding hydrogens is 396 g/mol. The van der Waals surface area contributed by atoms with Crippen LogP contribution in [0.15, 0.2) is 78.6 Å². The molecule has 2 aromatic carbocycles. The van der Waals surface area contributed by atoms with Crippen molar-refractivity contribution in [2.24, 2.45) is 0 Å². The second kappa shape index (κ2) is 8.67. The van der Waals surface area contributed by atoms with Gasteiger partial charge in [0.15, 0.2) is 0 Å². The summed E-state index contributed by atoms with van der Waals surface area (Å²) in [5.41, 5.74) is 3.84. The summed E-state index contributed by atoms with van der Waals surface area (Å²) in [4.78, 5) is 33.7. The van der Waals surface area contributed by atoms with Crippen molar-refractivity contribution in [3.05, 3.63) is 95.3 Å². The first kappa shape index (κ1) is 19.5. The van der Waals surface area contributed by atoms with E-state index in [0.717, 1.165) is 16.1 Å². The Morgan fingerprint density at radius 3 is 2.53 bits per heavy atom. The van der Waals surface area contributed by atoms with Gasteiger partial charge in [-0.2, -0.15) is 0 Å². The number of thiazole rings is 1. The fraction of sp³-hybridized carbons (Fsp3) is 0.0435. The van der Waals surface area contributed by atoms with Crippen LogP contribution in [0.1, 0.15) is 26.3 Å². The van der Waals surface area contributed by atoms with Crippen molar-refractivity contribution >= 4 is 34.5 Å². The maximum absolute atomic E-state index is 12.8. The second-order valence-corrected chi connectivity index (χ2v) is 7.49. The van der Waals surface area contributed by atoms with Crippen molar-refractivity contribution in [3.8, 4) is 10.6 Å². The molecule has 0 radical (unpaired) electrons. The van der Waals surface area contributed by atoms with Gasteiger partial charge in [0.1, 0.15) is 5.01 Å². The van der Waals surface area contributed by atoms with Crippen LogP contribution in [0, 0.1) is 6.92 Å². The van der Waals surface area contributed by atoms with E-state index in [1.165, 1.54) is 11.3 Å². The van der Waals surface area contributed by atoms with E-state index in [0.29, 0.717) is 22.5 Å². The monoisotopic (exact) mass is 414 g/mol. The van der Waals surface area contributed by atoms with Gasteiger partial charge in [-0.15, -0.1) is 11.3 Å². The third kappa shape index (κ3) is 4.42. The molecule has 0 aliphatic carbocycles. The summed E-state index contributed by atoms with van der Waals surface area (Å²) < 4.78 is 0. The number of nitrogens with one attached hydrogen (secondary N) is 2. The average molecular weight is 414 g/mol. The van der Waals surface area contributed by atoms with E-state index in [1.54, 1.807) is 61.1 Å². The highest BCUT2D eigenvalue weighted by atomic mass is 32.1. The van der Waals surface area contributed by atoms with Crippen LogP contribution < -0.4 is 10.6 Å². The van der Waals surface area contributed by atoms with E-state index >= 15 is 0 Å². The van der Waals surface area contributed by atoms with Crippen molar-refractivity contribution in [1.29, 1.82) is 0 Å². The van der Waals surface area contributed by atoms with Gasteiger partial charge in [-0.05, 0) is 48.9 Å². The highest BCUT2D eigenvalue weighted by molar-refractivity contribution is 7.13. The molecule has 0 atom stereocenters. The predicted octanol–water partition coefficient (Wildman–Crippen LogP) is 5.02. The number of benzene rings is 2. The maximum atomic E-state index is 12.8. The molecule has 30 heavy (non-hydrogen) atoms. The average Bonchev–Trinajstić information content (AvgIpc) is 3.31. The van der Waals surface area contributed by atoms with Crippen LogP contribution in [0.2, 0.25) is 0 Å². The fourth-order valence-electron chi connectivity index (χ4n) is 2.94. The van der Waals surface area contributed by atoms with Crippen LogP contribution in [0.25, 0.3) is 10.6 Å². The Bertz CT molecular complexity index is 1190. The minimum absolute atomic E-state index is 0.254. The summed E-state index contributed by atoms with van der Waals surface area (Å²) >= 11 is 1.52. The number of carbonyl (C=O) groups is 2. The van der Waals surface area contributed by atoms with Gasteiger partial charge >= 0.3 is 0 Å². The Morgan fingerprint density at radius 2 is 1.77 bits per heavy atom. The number of rotatable bonds is 5. The SMILES string of the molecule is Cc1ccc(NC(=O)c2cccc(-c3nccs3)c2)cc1C(=O)Nc1cccnc1. The van der Waals surface area contributed by atoms with Crippen LogP contribution in [0.3, 0.4) is 0 Å². The molecule has 2 N–H and O–H groups in total. The molecule has 148 valence electrons. The third-order valence-corrected chi connectivity index (χ3v) is 5.29. The van der Waals surface area contributed by atoms with Gasteiger partial charge in [0, 0.05) is 40.2 Å². The van der Waals surface area contributed by atoms with Crippen LogP contribution in [0.4, 0.5) is 11.4 Å². The van der Waals surface area contributed by atoms with Crippen LogP contribution in [0.5, 0.6) is 0 Å². The largest absolute Gasteiger partial charge is 0.322 e. The number of hydrogen-bond acceptors (Lipinski definition) is 5. The first-order chi connectivity index (χ1) is 14.6. The summed E-state index contributed by atoms with van der Waals surface area (Å²) in [5, 5.41) is 8.43. The predicted molar refractivity (Wildman–Crippen MR) is 119 cm³/mol. The van der Waals surface area contributed by atoms with E-state index in [1.807, 2.05) is 24.4 Å². The first-order valence-corrected chi connectivity index (χ1v) is 10.1. The normalized spacial score (nSPS) is 10.4. The molecule has 0 saturated heterocycles. The zero-order valence-electron chi connectivity index (χ0n) is 16.1. The van der Waals surface area contributed by atoms with Gasteiger partial charge < -0.3 is 10.6 Å². The molecule has 2 aromatic heterocycles. The first-order valence-electron chi connectivity index (χ1n) is 9.23. The molecule has 0 bridgehead atoms. The summed E-state index contributed by atoms with van der Waals surface area (Å²) in [7, 11) is 0. The van der Waals surface area contributed by atoms with Crippen molar-refractivity contribution in [1.82, 2.24) is 9.97 Å². The van der Waals surface area contributed by atoms with Gasteiger partial charge in [-0.25, -0.2) is 4.98 Å². The molecule has 0 saturated carbocycles. The Hall–Kier alpha value is -3.84. The lowest BCUT2D eigenvalue weighted by Gasteiger charge is -2.11. The Balaban J connectivity index is 1.52. The van der Waals surface area contributed by atoms with Crippen molar-refractivity contribution in [3.63, 3.8) is 0 Å². The summed E-state index contributed by atoms with van der Waals surface area (Å²) in [6.45, 7) is 1.85. The standard InChI is InChI=1S/C23H18N4O2S/c1-15-7-8-18(13-20(15)22(29)27-19-6-3-9-24-14-19)26-21(28)16-4-2-5-17(12-16)23-25-10-11-30-23/h2-14H,1H3,(H,26,28)(H,27,29). The molecule has 2 heterocycles.